The Morgan fingerprint density at radius 2 is 2.04 bits per heavy atom. The Bertz CT molecular complexity index is 539. The van der Waals surface area contributed by atoms with Gasteiger partial charge in [0.1, 0.15) is 11.4 Å². The van der Waals surface area contributed by atoms with E-state index in [0.717, 1.165) is 23.8 Å². The van der Waals surface area contributed by atoms with Gasteiger partial charge in [0.25, 0.3) is 0 Å². The van der Waals surface area contributed by atoms with E-state index in [-0.39, 0.29) is 6.09 Å². The van der Waals surface area contributed by atoms with E-state index >= 15 is 0 Å². The van der Waals surface area contributed by atoms with Crippen LogP contribution in [0, 0.1) is 0 Å². The number of carbonyl (C=O) groups excluding carboxylic acids is 1. The maximum Gasteiger partial charge on any atom is 0.410 e. The summed E-state index contributed by atoms with van der Waals surface area (Å²) >= 11 is 1.54. The second-order valence-corrected chi connectivity index (χ2v) is 7.48. The molecule has 1 fully saturated rings. The first-order valence-electron chi connectivity index (χ1n) is 7.88. The Kier molecular flexibility index (Phi) is 5.73. The molecule has 0 radical (unpaired) electrons. The van der Waals surface area contributed by atoms with E-state index in [1.54, 1.807) is 11.1 Å². The Morgan fingerprint density at radius 1 is 1.39 bits per heavy atom. The summed E-state index contributed by atoms with van der Waals surface area (Å²) in [5, 5.41) is 0.778. The average Bonchev–Trinajstić information content (AvgIpc) is 2.53. The van der Waals surface area contributed by atoms with E-state index in [1.807, 2.05) is 33.1 Å². The first-order valence-corrected chi connectivity index (χ1v) is 9.10. The summed E-state index contributed by atoms with van der Waals surface area (Å²) in [4.78, 5) is 24.8. The quantitative estimate of drug-likeness (QED) is 0.624. The monoisotopic (exact) mass is 338 g/mol. The zero-order valence-electron chi connectivity index (χ0n) is 14.6. The molecular formula is C16H26N4O2S. The van der Waals surface area contributed by atoms with Crippen molar-refractivity contribution in [3.05, 3.63) is 12.3 Å². The zero-order valence-corrected chi connectivity index (χ0v) is 15.4. The van der Waals surface area contributed by atoms with Gasteiger partial charge < -0.3 is 14.5 Å². The van der Waals surface area contributed by atoms with Crippen molar-refractivity contribution in [1.82, 2.24) is 14.9 Å². The van der Waals surface area contributed by atoms with Crippen molar-refractivity contribution >= 4 is 23.7 Å². The molecule has 1 aromatic heterocycles. The lowest BCUT2D eigenvalue weighted by Gasteiger charge is -2.37. The first kappa shape index (κ1) is 17.8. The fraction of sp³-hybridized carbons (Fsp3) is 0.688. The van der Waals surface area contributed by atoms with Gasteiger partial charge in [-0.2, -0.15) is 0 Å². The minimum absolute atomic E-state index is 0.217. The van der Waals surface area contributed by atoms with Gasteiger partial charge in [-0.3, -0.25) is 0 Å². The molecule has 0 bridgehead atoms. The topological polar surface area (TPSA) is 58.6 Å². The van der Waals surface area contributed by atoms with Crippen molar-refractivity contribution in [3.8, 4) is 0 Å². The first-order chi connectivity index (χ1) is 10.8. The number of likely N-dealkylation sites (tertiary alicyclic amines) is 1. The lowest BCUT2D eigenvalue weighted by Crippen LogP contribution is -2.47. The molecule has 0 saturated carbocycles. The summed E-state index contributed by atoms with van der Waals surface area (Å²) in [5.41, 5.74) is -0.445. The number of thioether (sulfide) groups is 1. The largest absolute Gasteiger partial charge is 0.444 e. The van der Waals surface area contributed by atoms with Crippen LogP contribution >= 0.6 is 11.8 Å². The van der Waals surface area contributed by atoms with Crippen LogP contribution in [0.5, 0.6) is 0 Å². The van der Waals surface area contributed by atoms with Crippen LogP contribution in [0.3, 0.4) is 0 Å². The molecule has 0 aliphatic carbocycles. The third kappa shape index (κ3) is 4.99. The van der Waals surface area contributed by atoms with E-state index in [0.29, 0.717) is 19.1 Å². The summed E-state index contributed by atoms with van der Waals surface area (Å²) in [6.07, 6.45) is 5.37. The second-order valence-electron chi connectivity index (χ2n) is 6.71. The van der Waals surface area contributed by atoms with Crippen LogP contribution in [0.4, 0.5) is 10.6 Å². The highest BCUT2D eigenvalue weighted by Crippen LogP contribution is 2.22. The second kappa shape index (κ2) is 7.38. The highest BCUT2D eigenvalue weighted by Gasteiger charge is 2.28. The Labute approximate surface area is 142 Å². The van der Waals surface area contributed by atoms with Gasteiger partial charge in [0, 0.05) is 32.4 Å². The summed E-state index contributed by atoms with van der Waals surface area (Å²) in [6, 6.07) is 2.30. The molecule has 7 heteroatoms. The fourth-order valence-electron chi connectivity index (χ4n) is 2.58. The SMILES string of the molecule is CSc1nccc(N(C)C2CCN(C(=O)OC(C)(C)C)CC2)n1. The van der Waals surface area contributed by atoms with Gasteiger partial charge in [0.2, 0.25) is 0 Å². The van der Waals surface area contributed by atoms with E-state index in [9.17, 15) is 4.79 Å². The minimum Gasteiger partial charge on any atom is -0.444 e. The molecule has 0 N–H and O–H groups in total. The number of aromatic nitrogens is 2. The molecule has 1 aromatic rings. The van der Waals surface area contributed by atoms with Gasteiger partial charge in [-0.05, 0) is 45.9 Å². The standard InChI is InChI=1S/C16H26N4O2S/c1-16(2,3)22-15(21)20-10-7-12(8-11-20)19(4)13-6-9-17-14(18-13)23-5/h6,9,12H,7-8,10-11H2,1-5H3. The van der Waals surface area contributed by atoms with Gasteiger partial charge in [-0.15, -0.1) is 0 Å². The van der Waals surface area contributed by atoms with Crippen LogP contribution in [0.2, 0.25) is 0 Å². The molecule has 1 saturated heterocycles. The molecule has 1 aliphatic heterocycles. The number of carbonyl (C=O) groups is 1. The van der Waals surface area contributed by atoms with E-state index < -0.39 is 5.60 Å². The molecular weight excluding hydrogens is 312 g/mol. The predicted octanol–water partition coefficient (Wildman–Crippen LogP) is 3.03. The maximum atomic E-state index is 12.1. The molecule has 0 unspecified atom stereocenters. The predicted molar refractivity (Wildman–Crippen MR) is 93.0 cm³/mol. The molecule has 1 aliphatic rings. The van der Waals surface area contributed by atoms with Crippen LogP contribution in [-0.4, -0.2) is 59.0 Å². The summed E-state index contributed by atoms with van der Waals surface area (Å²) < 4.78 is 5.44. The summed E-state index contributed by atoms with van der Waals surface area (Å²) in [5.74, 6) is 0.931. The van der Waals surface area contributed by atoms with Gasteiger partial charge in [-0.1, -0.05) is 11.8 Å². The highest BCUT2D eigenvalue weighted by molar-refractivity contribution is 7.98. The number of piperidine rings is 1. The molecule has 2 rings (SSSR count). The third-order valence-electron chi connectivity index (χ3n) is 3.83. The van der Waals surface area contributed by atoms with Crippen LogP contribution in [0.1, 0.15) is 33.6 Å². The Balaban J connectivity index is 1.92. The average molecular weight is 338 g/mol. The number of amides is 1. The van der Waals surface area contributed by atoms with E-state index in [2.05, 4.69) is 21.9 Å². The molecule has 6 nitrogen and oxygen atoms in total. The number of anilines is 1. The lowest BCUT2D eigenvalue weighted by atomic mass is 10.0. The molecule has 0 atom stereocenters. The number of ether oxygens (including phenoxy) is 1. The van der Waals surface area contributed by atoms with Crippen molar-refractivity contribution in [2.45, 2.75) is 50.4 Å². The summed E-state index contributed by atoms with van der Waals surface area (Å²) in [6.45, 7) is 7.10. The third-order valence-corrected chi connectivity index (χ3v) is 4.39. The Morgan fingerprint density at radius 3 is 2.61 bits per heavy atom. The highest BCUT2D eigenvalue weighted by atomic mass is 32.2. The maximum absolute atomic E-state index is 12.1. The van der Waals surface area contributed by atoms with Crippen molar-refractivity contribution in [3.63, 3.8) is 0 Å². The minimum atomic E-state index is -0.445. The van der Waals surface area contributed by atoms with E-state index in [1.165, 1.54) is 11.8 Å². The molecule has 23 heavy (non-hydrogen) atoms. The van der Waals surface area contributed by atoms with Crippen LogP contribution in [0.25, 0.3) is 0 Å². The lowest BCUT2D eigenvalue weighted by molar-refractivity contribution is 0.0205. The van der Waals surface area contributed by atoms with E-state index in [4.69, 9.17) is 4.74 Å². The Hall–Kier alpha value is -1.50. The normalized spacial score (nSPS) is 16.3. The van der Waals surface area contributed by atoms with Gasteiger partial charge in [-0.25, -0.2) is 14.8 Å². The molecule has 128 valence electrons. The van der Waals surface area contributed by atoms with Crippen molar-refractivity contribution < 1.29 is 9.53 Å². The van der Waals surface area contributed by atoms with Gasteiger partial charge in [0.05, 0.1) is 0 Å². The van der Waals surface area contributed by atoms with Gasteiger partial charge >= 0.3 is 6.09 Å². The molecule has 0 spiro atoms. The molecule has 0 aromatic carbocycles. The molecule has 1 amide bonds. The molecule has 2 heterocycles. The van der Waals surface area contributed by atoms with Crippen LogP contribution in [0.15, 0.2) is 17.4 Å². The number of nitrogens with zero attached hydrogens (tertiary/aromatic N) is 4. The van der Waals surface area contributed by atoms with Crippen LogP contribution in [-0.2, 0) is 4.74 Å². The van der Waals surface area contributed by atoms with Crippen molar-refractivity contribution in [2.75, 3.05) is 31.3 Å². The van der Waals surface area contributed by atoms with Crippen molar-refractivity contribution in [2.24, 2.45) is 0 Å². The summed E-state index contributed by atoms with van der Waals surface area (Å²) in [7, 11) is 2.06. The smallest absolute Gasteiger partial charge is 0.410 e. The number of rotatable bonds is 3. The number of hydrogen-bond donors (Lipinski definition) is 0. The van der Waals surface area contributed by atoms with Crippen molar-refractivity contribution in [1.29, 1.82) is 0 Å². The van der Waals surface area contributed by atoms with Gasteiger partial charge in [0.15, 0.2) is 5.16 Å². The zero-order chi connectivity index (χ0) is 17.0. The number of hydrogen-bond acceptors (Lipinski definition) is 6. The fourth-order valence-corrected chi connectivity index (χ4v) is 2.93. The van der Waals surface area contributed by atoms with Crippen LogP contribution < -0.4 is 4.90 Å².